The molecule has 0 amide bonds. The summed E-state index contributed by atoms with van der Waals surface area (Å²) in [5, 5.41) is 0. The van der Waals surface area contributed by atoms with Crippen LogP contribution in [0.3, 0.4) is 0 Å². The Morgan fingerprint density at radius 1 is 1.39 bits per heavy atom. The minimum absolute atomic E-state index is 0.0444. The topological polar surface area (TPSA) is 43.8 Å². The maximum Gasteiger partial charge on any atom is 0.126 e. The number of aromatic nitrogens is 2. The highest BCUT2D eigenvalue weighted by atomic mass is 19.1. The van der Waals surface area contributed by atoms with Gasteiger partial charge in [-0.05, 0) is 30.5 Å². The van der Waals surface area contributed by atoms with Crippen LogP contribution in [0.15, 0.2) is 36.7 Å². The molecule has 0 saturated heterocycles. The highest BCUT2D eigenvalue weighted by Crippen LogP contribution is 2.22. The summed E-state index contributed by atoms with van der Waals surface area (Å²) in [6.45, 7) is 0.450. The van der Waals surface area contributed by atoms with Gasteiger partial charge in [0.05, 0.1) is 0 Å². The molecule has 3 nitrogen and oxygen atoms in total. The molecule has 0 radical (unpaired) electrons. The molecule has 0 spiro atoms. The van der Waals surface area contributed by atoms with E-state index in [1.807, 2.05) is 29.9 Å². The monoisotopic (exact) mass is 247 g/mol. The van der Waals surface area contributed by atoms with Crippen LogP contribution in [0.4, 0.5) is 4.39 Å². The fraction of sp³-hybridized carbons (Fsp3) is 0.357. The SMILES string of the molecule is Cn1ccnc1CCC(CN)c1ccccc1F. The fourth-order valence-electron chi connectivity index (χ4n) is 2.15. The molecular formula is C14H18FN3. The van der Waals surface area contributed by atoms with E-state index in [0.29, 0.717) is 12.1 Å². The van der Waals surface area contributed by atoms with E-state index in [-0.39, 0.29) is 11.7 Å². The van der Waals surface area contributed by atoms with Gasteiger partial charge in [-0.3, -0.25) is 0 Å². The predicted octanol–water partition coefficient (Wildman–Crippen LogP) is 2.23. The zero-order valence-electron chi connectivity index (χ0n) is 10.5. The van der Waals surface area contributed by atoms with E-state index in [1.165, 1.54) is 6.07 Å². The number of imidazole rings is 1. The van der Waals surface area contributed by atoms with Gasteiger partial charge in [0, 0.05) is 25.9 Å². The van der Waals surface area contributed by atoms with Crippen LogP contribution >= 0.6 is 0 Å². The van der Waals surface area contributed by atoms with E-state index in [2.05, 4.69) is 4.98 Å². The second-order valence-corrected chi connectivity index (χ2v) is 4.45. The van der Waals surface area contributed by atoms with Crippen molar-refractivity contribution < 1.29 is 4.39 Å². The van der Waals surface area contributed by atoms with Gasteiger partial charge in [0.1, 0.15) is 11.6 Å². The fourth-order valence-corrected chi connectivity index (χ4v) is 2.15. The number of nitrogens with zero attached hydrogens (tertiary/aromatic N) is 2. The Hall–Kier alpha value is -1.68. The number of nitrogens with two attached hydrogens (primary N) is 1. The number of rotatable bonds is 5. The van der Waals surface area contributed by atoms with E-state index in [9.17, 15) is 4.39 Å². The Kier molecular flexibility index (Phi) is 4.10. The summed E-state index contributed by atoms with van der Waals surface area (Å²) in [6.07, 6.45) is 5.30. The first-order valence-corrected chi connectivity index (χ1v) is 6.13. The van der Waals surface area contributed by atoms with Crippen molar-refractivity contribution >= 4 is 0 Å². The van der Waals surface area contributed by atoms with Gasteiger partial charge in [-0.25, -0.2) is 9.37 Å². The predicted molar refractivity (Wildman–Crippen MR) is 69.7 cm³/mol. The molecule has 0 aliphatic rings. The summed E-state index contributed by atoms with van der Waals surface area (Å²) >= 11 is 0. The quantitative estimate of drug-likeness (QED) is 0.880. The summed E-state index contributed by atoms with van der Waals surface area (Å²) in [5.41, 5.74) is 6.46. The standard InChI is InChI=1S/C14H18FN3/c1-18-9-8-17-14(18)7-6-11(10-16)12-4-2-3-5-13(12)15/h2-5,8-9,11H,6-7,10,16H2,1H3. The molecule has 0 aliphatic heterocycles. The van der Waals surface area contributed by atoms with E-state index >= 15 is 0 Å². The van der Waals surface area contributed by atoms with Gasteiger partial charge in [0.25, 0.3) is 0 Å². The number of halogens is 1. The molecule has 0 aliphatic carbocycles. The Morgan fingerprint density at radius 3 is 2.78 bits per heavy atom. The van der Waals surface area contributed by atoms with Crippen molar-refractivity contribution in [1.82, 2.24) is 9.55 Å². The molecule has 4 heteroatoms. The molecule has 1 atom stereocenters. The van der Waals surface area contributed by atoms with Crippen LogP contribution in [0.25, 0.3) is 0 Å². The Bertz CT molecular complexity index is 507. The summed E-state index contributed by atoms with van der Waals surface area (Å²) in [6, 6.07) is 6.84. The van der Waals surface area contributed by atoms with Gasteiger partial charge in [-0.15, -0.1) is 0 Å². The van der Waals surface area contributed by atoms with Crippen molar-refractivity contribution in [3.63, 3.8) is 0 Å². The van der Waals surface area contributed by atoms with Gasteiger partial charge in [0.2, 0.25) is 0 Å². The van der Waals surface area contributed by atoms with Crippen LogP contribution in [0.2, 0.25) is 0 Å². The number of benzene rings is 1. The van der Waals surface area contributed by atoms with Crippen molar-refractivity contribution in [2.45, 2.75) is 18.8 Å². The molecule has 0 saturated carbocycles. The molecule has 0 bridgehead atoms. The second-order valence-electron chi connectivity index (χ2n) is 4.45. The number of aryl methyl sites for hydroxylation is 2. The molecule has 0 fully saturated rings. The normalized spacial score (nSPS) is 12.6. The van der Waals surface area contributed by atoms with Gasteiger partial charge < -0.3 is 10.3 Å². The van der Waals surface area contributed by atoms with Crippen LogP contribution in [0, 0.1) is 5.82 Å². The summed E-state index contributed by atoms with van der Waals surface area (Å²) in [4.78, 5) is 4.27. The zero-order chi connectivity index (χ0) is 13.0. The number of hydrogen-bond acceptors (Lipinski definition) is 2. The van der Waals surface area contributed by atoms with Crippen molar-refractivity contribution in [2.75, 3.05) is 6.54 Å². The van der Waals surface area contributed by atoms with Crippen molar-refractivity contribution in [2.24, 2.45) is 12.8 Å². The smallest absolute Gasteiger partial charge is 0.126 e. The zero-order valence-corrected chi connectivity index (χ0v) is 10.5. The Labute approximate surface area is 106 Å². The van der Waals surface area contributed by atoms with Crippen molar-refractivity contribution in [3.8, 4) is 0 Å². The molecule has 2 aromatic rings. The lowest BCUT2D eigenvalue weighted by Gasteiger charge is -2.15. The van der Waals surface area contributed by atoms with Gasteiger partial charge in [0.15, 0.2) is 0 Å². The third-order valence-corrected chi connectivity index (χ3v) is 3.27. The van der Waals surface area contributed by atoms with E-state index < -0.39 is 0 Å². The van der Waals surface area contributed by atoms with Crippen molar-refractivity contribution in [3.05, 3.63) is 53.9 Å². The summed E-state index contributed by atoms with van der Waals surface area (Å²) < 4.78 is 15.7. The van der Waals surface area contributed by atoms with E-state index in [4.69, 9.17) is 5.73 Å². The third kappa shape index (κ3) is 2.76. The van der Waals surface area contributed by atoms with Gasteiger partial charge >= 0.3 is 0 Å². The molecule has 1 heterocycles. The highest BCUT2D eigenvalue weighted by molar-refractivity contribution is 5.22. The average molecular weight is 247 g/mol. The van der Waals surface area contributed by atoms with Gasteiger partial charge in [-0.2, -0.15) is 0 Å². The van der Waals surface area contributed by atoms with Crippen molar-refractivity contribution in [1.29, 1.82) is 0 Å². The first-order chi connectivity index (χ1) is 8.72. The third-order valence-electron chi connectivity index (χ3n) is 3.27. The largest absolute Gasteiger partial charge is 0.338 e. The summed E-state index contributed by atoms with van der Waals surface area (Å²) in [7, 11) is 1.96. The lowest BCUT2D eigenvalue weighted by molar-refractivity contribution is 0.550. The van der Waals surface area contributed by atoms with Crippen LogP contribution in [-0.2, 0) is 13.5 Å². The maximum atomic E-state index is 13.7. The second kappa shape index (κ2) is 5.78. The summed E-state index contributed by atoms with van der Waals surface area (Å²) in [5.74, 6) is 0.875. The van der Waals surface area contributed by atoms with Crippen LogP contribution in [-0.4, -0.2) is 16.1 Å². The first kappa shape index (κ1) is 12.8. The van der Waals surface area contributed by atoms with E-state index in [1.54, 1.807) is 12.3 Å². The molecule has 2 N–H and O–H groups in total. The first-order valence-electron chi connectivity index (χ1n) is 6.13. The minimum Gasteiger partial charge on any atom is -0.338 e. The van der Waals surface area contributed by atoms with Crippen LogP contribution in [0.5, 0.6) is 0 Å². The molecule has 1 aromatic carbocycles. The van der Waals surface area contributed by atoms with Crippen LogP contribution in [0.1, 0.15) is 23.7 Å². The lowest BCUT2D eigenvalue weighted by Crippen LogP contribution is -2.15. The molecule has 1 aromatic heterocycles. The van der Waals surface area contributed by atoms with E-state index in [0.717, 1.165) is 18.7 Å². The molecular weight excluding hydrogens is 229 g/mol. The highest BCUT2D eigenvalue weighted by Gasteiger charge is 2.14. The maximum absolute atomic E-state index is 13.7. The Balaban J connectivity index is 2.07. The molecule has 96 valence electrons. The molecule has 2 rings (SSSR count). The number of hydrogen-bond donors (Lipinski definition) is 1. The molecule has 18 heavy (non-hydrogen) atoms. The Morgan fingerprint density at radius 2 is 2.17 bits per heavy atom. The van der Waals surface area contributed by atoms with Gasteiger partial charge in [-0.1, -0.05) is 18.2 Å². The minimum atomic E-state index is -0.173. The van der Waals surface area contributed by atoms with Crippen LogP contribution < -0.4 is 5.73 Å². The average Bonchev–Trinajstić information content (AvgIpc) is 2.78. The lowest BCUT2D eigenvalue weighted by atomic mass is 9.94. The molecule has 1 unspecified atom stereocenters.